The van der Waals surface area contributed by atoms with Gasteiger partial charge in [-0.15, -0.1) is 0 Å². The highest BCUT2D eigenvalue weighted by atomic mass is 16.3. The molecular weight excluding hydrogens is 168 g/mol. The predicted molar refractivity (Wildman–Crippen MR) is 48.6 cm³/mol. The highest BCUT2D eigenvalue weighted by Gasteiger charge is 2.21. The lowest BCUT2D eigenvalue weighted by atomic mass is 10.0. The van der Waals surface area contributed by atoms with E-state index in [9.17, 15) is 9.90 Å². The van der Waals surface area contributed by atoms with Crippen molar-refractivity contribution >= 4 is 5.91 Å². The quantitative estimate of drug-likeness (QED) is 0.587. The van der Waals surface area contributed by atoms with E-state index in [2.05, 4.69) is 0 Å². The highest BCUT2D eigenvalue weighted by molar-refractivity contribution is 5.80. The summed E-state index contributed by atoms with van der Waals surface area (Å²) in [6, 6.07) is 7.65. The van der Waals surface area contributed by atoms with Crippen LogP contribution in [0.2, 0.25) is 0 Å². The van der Waals surface area contributed by atoms with Gasteiger partial charge in [-0.05, 0) is 5.56 Å². The standard InChI is InChI=1S/C9H12N2O2/c10-7(9(11)13)8(12)6-4-2-1-3-5-6/h1-5,7-8,12H,10H2,(H2,11,13)/t7-,8-/m0/s1. The first-order chi connectivity index (χ1) is 6.13. The average Bonchev–Trinajstić information content (AvgIpc) is 2.17. The molecule has 0 saturated carbocycles. The van der Waals surface area contributed by atoms with Crippen LogP contribution in [-0.4, -0.2) is 17.1 Å². The molecule has 0 aliphatic heterocycles. The minimum absolute atomic E-state index is 0.591. The maximum Gasteiger partial charge on any atom is 0.237 e. The van der Waals surface area contributed by atoms with E-state index in [0.717, 1.165) is 0 Å². The summed E-state index contributed by atoms with van der Waals surface area (Å²) in [5.41, 5.74) is 10.9. The van der Waals surface area contributed by atoms with Crippen molar-refractivity contribution < 1.29 is 9.90 Å². The van der Waals surface area contributed by atoms with Crippen LogP contribution in [-0.2, 0) is 4.79 Å². The van der Waals surface area contributed by atoms with Crippen LogP contribution < -0.4 is 11.5 Å². The lowest BCUT2D eigenvalue weighted by Crippen LogP contribution is -2.41. The molecule has 0 aliphatic rings. The number of primary amides is 1. The van der Waals surface area contributed by atoms with Crippen molar-refractivity contribution in [1.82, 2.24) is 0 Å². The number of rotatable bonds is 3. The number of aliphatic hydroxyl groups excluding tert-OH is 1. The number of amides is 1. The summed E-state index contributed by atoms with van der Waals surface area (Å²) in [6.07, 6.45) is -1.03. The molecule has 0 unspecified atom stereocenters. The molecule has 4 heteroatoms. The molecule has 1 rings (SSSR count). The lowest BCUT2D eigenvalue weighted by Gasteiger charge is -2.15. The van der Waals surface area contributed by atoms with Crippen molar-refractivity contribution in [2.24, 2.45) is 11.5 Å². The zero-order valence-corrected chi connectivity index (χ0v) is 7.05. The van der Waals surface area contributed by atoms with E-state index >= 15 is 0 Å². The van der Waals surface area contributed by atoms with Gasteiger partial charge >= 0.3 is 0 Å². The average molecular weight is 180 g/mol. The van der Waals surface area contributed by atoms with E-state index in [4.69, 9.17) is 11.5 Å². The SMILES string of the molecule is NC(=O)[C@@H](N)[C@@H](O)c1ccccc1. The van der Waals surface area contributed by atoms with E-state index < -0.39 is 18.1 Å². The first-order valence-electron chi connectivity index (χ1n) is 3.91. The molecule has 0 aliphatic carbocycles. The van der Waals surface area contributed by atoms with Crippen molar-refractivity contribution in [3.05, 3.63) is 35.9 Å². The second kappa shape index (κ2) is 4.02. The van der Waals surface area contributed by atoms with Crippen LogP contribution in [0, 0.1) is 0 Å². The summed E-state index contributed by atoms with van der Waals surface area (Å²) in [5, 5.41) is 9.53. The largest absolute Gasteiger partial charge is 0.386 e. The minimum atomic E-state index is -1.05. The van der Waals surface area contributed by atoms with Gasteiger partial charge in [0.15, 0.2) is 0 Å². The summed E-state index contributed by atoms with van der Waals surface area (Å²) in [7, 11) is 0. The van der Waals surface area contributed by atoms with E-state index in [1.807, 2.05) is 6.07 Å². The first-order valence-corrected chi connectivity index (χ1v) is 3.91. The van der Waals surface area contributed by atoms with Crippen LogP contribution >= 0.6 is 0 Å². The van der Waals surface area contributed by atoms with Gasteiger partial charge in [0.1, 0.15) is 12.1 Å². The molecule has 4 nitrogen and oxygen atoms in total. The summed E-state index contributed by atoms with van der Waals surface area (Å²) in [6.45, 7) is 0. The molecule has 1 amide bonds. The van der Waals surface area contributed by atoms with Gasteiger partial charge < -0.3 is 16.6 Å². The van der Waals surface area contributed by atoms with Gasteiger partial charge in [-0.1, -0.05) is 30.3 Å². The summed E-state index contributed by atoms with van der Waals surface area (Å²) in [5.74, 6) is -0.712. The first kappa shape index (κ1) is 9.70. The van der Waals surface area contributed by atoms with Crippen LogP contribution in [0.4, 0.5) is 0 Å². The van der Waals surface area contributed by atoms with Crippen molar-refractivity contribution in [2.75, 3.05) is 0 Å². The van der Waals surface area contributed by atoms with E-state index in [-0.39, 0.29) is 0 Å². The Kier molecular flexibility index (Phi) is 3.00. The number of carbonyl (C=O) groups excluding carboxylic acids is 1. The van der Waals surface area contributed by atoms with Gasteiger partial charge in [0.2, 0.25) is 5.91 Å². The number of benzene rings is 1. The zero-order valence-electron chi connectivity index (χ0n) is 7.05. The number of hydrogen-bond acceptors (Lipinski definition) is 3. The Balaban J connectivity index is 2.79. The van der Waals surface area contributed by atoms with Crippen LogP contribution in [0.3, 0.4) is 0 Å². The summed E-state index contributed by atoms with van der Waals surface area (Å²) < 4.78 is 0. The van der Waals surface area contributed by atoms with Crippen molar-refractivity contribution in [3.63, 3.8) is 0 Å². The molecule has 0 aromatic heterocycles. The normalized spacial score (nSPS) is 14.9. The van der Waals surface area contributed by atoms with E-state index in [1.54, 1.807) is 24.3 Å². The molecule has 0 saturated heterocycles. The van der Waals surface area contributed by atoms with E-state index in [0.29, 0.717) is 5.56 Å². The third kappa shape index (κ3) is 2.27. The molecule has 0 fully saturated rings. The van der Waals surface area contributed by atoms with Crippen molar-refractivity contribution in [2.45, 2.75) is 12.1 Å². The Morgan fingerprint density at radius 1 is 1.31 bits per heavy atom. The predicted octanol–water partition coefficient (Wildman–Crippen LogP) is -0.467. The topological polar surface area (TPSA) is 89.3 Å². The van der Waals surface area contributed by atoms with Gasteiger partial charge in [0.05, 0.1) is 0 Å². The minimum Gasteiger partial charge on any atom is -0.386 e. The zero-order chi connectivity index (χ0) is 9.84. The fourth-order valence-electron chi connectivity index (χ4n) is 1.01. The van der Waals surface area contributed by atoms with Crippen LogP contribution in [0.1, 0.15) is 11.7 Å². The molecule has 0 spiro atoms. The molecule has 2 atom stereocenters. The van der Waals surface area contributed by atoms with Crippen LogP contribution in [0.25, 0.3) is 0 Å². The number of carbonyl (C=O) groups is 1. The van der Waals surface area contributed by atoms with Gasteiger partial charge in [-0.2, -0.15) is 0 Å². The molecule has 0 heterocycles. The highest BCUT2D eigenvalue weighted by Crippen LogP contribution is 2.14. The Morgan fingerprint density at radius 3 is 2.31 bits per heavy atom. The van der Waals surface area contributed by atoms with Crippen molar-refractivity contribution in [1.29, 1.82) is 0 Å². The third-order valence-electron chi connectivity index (χ3n) is 1.81. The van der Waals surface area contributed by atoms with Gasteiger partial charge in [-0.3, -0.25) is 4.79 Å². The number of nitrogens with two attached hydrogens (primary N) is 2. The molecule has 1 aromatic carbocycles. The Morgan fingerprint density at radius 2 is 1.85 bits per heavy atom. The molecule has 5 N–H and O–H groups in total. The van der Waals surface area contributed by atoms with Gasteiger partial charge in [-0.25, -0.2) is 0 Å². The van der Waals surface area contributed by atoms with Gasteiger partial charge in [0.25, 0.3) is 0 Å². The molecule has 0 radical (unpaired) electrons. The second-order valence-corrected chi connectivity index (χ2v) is 2.78. The molecular formula is C9H12N2O2. The maximum atomic E-state index is 10.7. The lowest BCUT2D eigenvalue weighted by molar-refractivity contribution is -0.121. The summed E-state index contributed by atoms with van der Waals surface area (Å²) in [4.78, 5) is 10.7. The molecule has 13 heavy (non-hydrogen) atoms. The van der Waals surface area contributed by atoms with Crippen LogP contribution in [0.15, 0.2) is 30.3 Å². The Labute approximate surface area is 76.2 Å². The van der Waals surface area contributed by atoms with Crippen molar-refractivity contribution in [3.8, 4) is 0 Å². The number of aliphatic hydroxyl groups is 1. The number of hydrogen-bond donors (Lipinski definition) is 3. The smallest absolute Gasteiger partial charge is 0.237 e. The van der Waals surface area contributed by atoms with E-state index in [1.165, 1.54) is 0 Å². The third-order valence-corrected chi connectivity index (χ3v) is 1.81. The Bertz CT molecular complexity index is 287. The fraction of sp³-hybridized carbons (Fsp3) is 0.222. The second-order valence-electron chi connectivity index (χ2n) is 2.78. The van der Waals surface area contributed by atoms with Crippen LogP contribution in [0.5, 0.6) is 0 Å². The monoisotopic (exact) mass is 180 g/mol. The fourth-order valence-corrected chi connectivity index (χ4v) is 1.01. The molecule has 70 valence electrons. The molecule has 1 aromatic rings. The maximum absolute atomic E-state index is 10.7. The molecule has 0 bridgehead atoms. The van der Waals surface area contributed by atoms with Gasteiger partial charge in [0, 0.05) is 0 Å². The summed E-state index contributed by atoms with van der Waals surface area (Å²) >= 11 is 0. The Hall–Kier alpha value is -1.39.